The fraction of sp³-hybridized carbons (Fsp3) is 0.692. The first-order valence-corrected chi connectivity index (χ1v) is 6.93. The van der Waals surface area contributed by atoms with Crippen molar-refractivity contribution >= 4 is 11.8 Å². The molecule has 0 saturated carbocycles. The van der Waals surface area contributed by atoms with Gasteiger partial charge in [-0.3, -0.25) is 0 Å². The van der Waals surface area contributed by atoms with Gasteiger partial charge in [0.2, 0.25) is 0 Å². The van der Waals surface area contributed by atoms with Crippen LogP contribution in [0.4, 0.5) is 0 Å². The van der Waals surface area contributed by atoms with Crippen LogP contribution in [0.5, 0.6) is 0 Å². The SMILES string of the molecule is CC/C=C\C(=C/CC)CSCCCC. The van der Waals surface area contributed by atoms with Crippen LogP contribution in [0.3, 0.4) is 0 Å². The van der Waals surface area contributed by atoms with Crippen LogP contribution in [-0.4, -0.2) is 11.5 Å². The maximum Gasteiger partial charge on any atom is 0.0181 e. The molecule has 0 N–H and O–H groups in total. The van der Waals surface area contributed by atoms with E-state index < -0.39 is 0 Å². The van der Waals surface area contributed by atoms with Crippen LogP contribution in [-0.2, 0) is 0 Å². The molecule has 0 saturated heterocycles. The predicted octanol–water partition coefficient (Wildman–Crippen LogP) is 4.82. The van der Waals surface area contributed by atoms with Crippen LogP contribution in [0, 0.1) is 0 Å². The molecule has 0 unspecified atom stereocenters. The summed E-state index contributed by atoms with van der Waals surface area (Å²) < 4.78 is 0. The Morgan fingerprint density at radius 3 is 2.50 bits per heavy atom. The quantitative estimate of drug-likeness (QED) is 0.410. The van der Waals surface area contributed by atoms with E-state index in [1.54, 1.807) is 0 Å². The molecule has 0 rings (SSSR count). The van der Waals surface area contributed by atoms with E-state index in [1.807, 2.05) is 0 Å². The zero-order chi connectivity index (χ0) is 10.6. The van der Waals surface area contributed by atoms with Crippen molar-refractivity contribution in [1.29, 1.82) is 0 Å². The Labute approximate surface area is 93.9 Å². The molecule has 0 atom stereocenters. The average Bonchev–Trinajstić information content (AvgIpc) is 2.20. The third-order valence-electron chi connectivity index (χ3n) is 1.94. The topological polar surface area (TPSA) is 0 Å². The van der Waals surface area contributed by atoms with Crippen molar-refractivity contribution in [3.05, 3.63) is 23.8 Å². The maximum atomic E-state index is 2.34. The van der Waals surface area contributed by atoms with Gasteiger partial charge in [-0.1, -0.05) is 45.4 Å². The van der Waals surface area contributed by atoms with E-state index in [9.17, 15) is 0 Å². The highest BCUT2D eigenvalue weighted by molar-refractivity contribution is 7.99. The molecular formula is C13H24S. The lowest BCUT2D eigenvalue weighted by atomic mass is 10.2. The molecule has 0 aliphatic heterocycles. The molecule has 14 heavy (non-hydrogen) atoms. The van der Waals surface area contributed by atoms with Gasteiger partial charge in [0.05, 0.1) is 0 Å². The van der Waals surface area contributed by atoms with Gasteiger partial charge in [0, 0.05) is 5.75 Å². The lowest BCUT2D eigenvalue weighted by Crippen LogP contribution is -1.86. The Balaban J connectivity index is 3.74. The van der Waals surface area contributed by atoms with Gasteiger partial charge in [-0.2, -0.15) is 11.8 Å². The van der Waals surface area contributed by atoms with E-state index in [1.165, 1.54) is 29.9 Å². The molecule has 0 radical (unpaired) electrons. The number of thioether (sulfide) groups is 1. The normalized spacial score (nSPS) is 12.6. The molecule has 0 aliphatic rings. The minimum atomic E-state index is 1.14. The molecule has 0 aliphatic carbocycles. The Morgan fingerprint density at radius 2 is 1.93 bits per heavy atom. The Bertz CT molecular complexity index is 168. The smallest absolute Gasteiger partial charge is 0.0181 e. The molecule has 0 aromatic carbocycles. The maximum absolute atomic E-state index is 2.34. The lowest BCUT2D eigenvalue weighted by Gasteiger charge is -2.01. The first-order chi connectivity index (χ1) is 6.85. The first-order valence-electron chi connectivity index (χ1n) is 5.78. The summed E-state index contributed by atoms with van der Waals surface area (Å²) in [5.41, 5.74) is 1.50. The fourth-order valence-corrected chi connectivity index (χ4v) is 2.23. The Hall–Kier alpha value is -0.170. The molecule has 82 valence electrons. The number of allylic oxidation sites excluding steroid dienone is 3. The van der Waals surface area contributed by atoms with Gasteiger partial charge in [-0.05, 0) is 30.6 Å². The molecule has 0 aromatic heterocycles. The summed E-state index contributed by atoms with van der Waals surface area (Å²) in [6.07, 6.45) is 11.8. The Kier molecular flexibility index (Phi) is 10.8. The molecular weight excluding hydrogens is 188 g/mol. The van der Waals surface area contributed by atoms with Crippen LogP contribution in [0.1, 0.15) is 46.5 Å². The minimum absolute atomic E-state index is 1.14. The predicted molar refractivity (Wildman–Crippen MR) is 70.0 cm³/mol. The largest absolute Gasteiger partial charge is 0.157 e. The van der Waals surface area contributed by atoms with E-state index in [0.717, 1.165) is 12.8 Å². The molecule has 0 heterocycles. The van der Waals surface area contributed by atoms with Crippen molar-refractivity contribution < 1.29 is 0 Å². The number of hydrogen-bond donors (Lipinski definition) is 0. The van der Waals surface area contributed by atoms with Crippen molar-refractivity contribution in [2.75, 3.05) is 11.5 Å². The van der Waals surface area contributed by atoms with Crippen LogP contribution < -0.4 is 0 Å². The number of rotatable bonds is 8. The summed E-state index contributed by atoms with van der Waals surface area (Å²) in [5.74, 6) is 2.49. The summed E-state index contributed by atoms with van der Waals surface area (Å²) in [4.78, 5) is 0. The second-order valence-corrected chi connectivity index (χ2v) is 4.51. The van der Waals surface area contributed by atoms with Crippen molar-refractivity contribution in [1.82, 2.24) is 0 Å². The molecule has 0 nitrogen and oxygen atoms in total. The van der Waals surface area contributed by atoms with E-state index >= 15 is 0 Å². The Morgan fingerprint density at radius 1 is 1.14 bits per heavy atom. The second kappa shape index (κ2) is 10.9. The highest BCUT2D eigenvalue weighted by Gasteiger charge is 1.92. The minimum Gasteiger partial charge on any atom is -0.157 e. The van der Waals surface area contributed by atoms with Crippen molar-refractivity contribution in [3.63, 3.8) is 0 Å². The van der Waals surface area contributed by atoms with E-state index in [0.29, 0.717) is 0 Å². The highest BCUT2D eigenvalue weighted by Crippen LogP contribution is 2.12. The van der Waals surface area contributed by atoms with Crippen LogP contribution in [0.2, 0.25) is 0 Å². The lowest BCUT2D eigenvalue weighted by molar-refractivity contribution is 0.896. The van der Waals surface area contributed by atoms with Gasteiger partial charge in [0.1, 0.15) is 0 Å². The molecule has 0 amide bonds. The summed E-state index contributed by atoms with van der Waals surface area (Å²) in [7, 11) is 0. The number of unbranched alkanes of at least 4 members (excludes halogenated alkanes) is 1. The van der Waals surface area contributed by atoms with Crippen molar-refractivity contribution in [3.8, 4) is 0 Å². The summed E-state index contributed by atoms with van der Waals surface area (Å²) >= 11 is 2.06. The average molecular weight is 212 g/mol. The number of hydrogen-bond acceptors (Lipinski definition) is 1. The van der Waals surface area contributed by atoms with Crippen LogP contribution in [0.25, 0.3) is 0 Å². The van der Waals surface area contributed by atoms with Gasteiger partial charge in [0.25, 0.3) is 0 Å². The third-order valence-corrected chi connectivity index (χ3v) is 3.06. The summed E-state index contributed by atoms with van der Waals surface area (Å²) in [5, 5.41) is 0. The standard InChI is InChI=1S/C13H24S/c1-4-7-10-13(9-6-3)12-14-11-8-5-2/h7,9-10H,4-6,8,11-12H2,1-3H3/b10-7-,13-9+. The molecule has 1 heteroatoms. The second-order valence-electron chi connectivity index (χ2n) is 3.40. The molecule has 0 spiro atoms. The molecule has 0 aromatic rings. The summed E-state index contributed by atoms with van der Waals surface area (Å²) in [6, 6.07) is 0. The summed E-state index contributed by atoms with van der Waals surface area (Å²) in [6.45, 7) is 6.64. The monoisotopic (exact) mass is 212 g/mol. The van der Waals surface area contributed by atoms with Gasteiger partial charge in [0.15, 0.2) is 0 Å². The van der Waals surface area contributed by atoms with Crippen molar-refractivity contribution in [2.24, 2.45) is 0 Å². The van der Waals surface area contributed by atoms with Crippen LogP contribution >= 0.6 is 11.8 Å². The zero-order valence-corrected chi connectivity index (χ0v) is 10.7. The first kappa shape index (κ1) is 13.8. The van der Waals surface area contributed by atoms with Gasteiger partial charge >= 0.3 is 0 Å². The highest BCUT2D eigenvalue weighted by atomic mass is 32.2. The van der Waals surface area contributed by atoms with E-state index in [4.69, 9.17) is 0 Å². The molecule has 0 bridgehead atoms. The third kappa shape index (κ3) is 8.43. The van der Waals surface area contributed by atoms with Crippen LogP contribution in [0.15, 0.2) is 23.8 Å². The van der Waals surface area contributed by atoms with E-state index in [2.05, 4.69) is 50.8 Å². The fourth-order valence-electron chi connectivity index (χ4n) is 1.14. The van der Waals surface area contributed by atoms with E-state index in [-0.39, 0.29) is 0 Å². The zero-order valence-electron chi connectivity index (χ0n) is 9.88. The van der Waals surface area contributed by atoms with Gasteiger partial charge in [-0.25, -0.2) is 0 Å². The van der Waals surface area contributed by atoms with Crippen molar-refractivity contribution in [2.45, 2.75) is 46.5 Å². The van der Waals surface area contributed by atoms with Gasteiger partial charge < -0.3 is 0 Å². The molecule has 0 fully saturated rings. The van der Waals surface area contributed by atoms with Gasteiger partial charge in [-0.15, -0.1) is 0 Å².